The van der Waals surface area contributed by atoms with Gasteiger partial charge in [-0.05, 0) is 52.5 Å². The third kappa shape index (κ3) is 4.40. The predicted molar refractivity (Wildman–Crippen MR) is 86.0 cm³/mol. The molecule has 1 saturated heterocycles. The van der Waals surface area contributed by atoms with Crippen LogP contribution < -0.4 is 10.2 Å². The van der Waals surface area contributed by atoms with Gasteiger partial charge in [-0.3, -0.25) is 0 Å². The van der Waals surface area contributed by atoms with Crippen molar-refractivity contribution in [2.24, 2.45) is 5.92 Å². The van der Waals surface area contributed by atoms with Crippen LogP contribution in [-0.4, -0.2) is 23.1 Å². The van der Waals surface area contributed by atoms with E-state index in [2.05, 4.69) is 49.8 Å². The van der Waals surface area contributed by atoms with Crippen molar-refractivity contribution in [2.75, 3.05) is 11.4 Å². The molecule has 1 N–H and O–H groups in total. The van der Waals surface area contributed by atoms with E-state index in [4.69, 9.17) is 0 Å². The van der Waals surface area contributed by atoms with Gasteiger partial charge in [-0.1, -0.05) is 6.92 Å². The molecule has 2 rings (SSSR count). The summed E-state index contributed by atoms with van der Waals surface area (Å²) < 4.78 is 13.6. The Morgan fingerprint density at radius 2 is 2.05 bits per heavy atom. The summed E-state index contributed by atoms with van der Waals surface area (Å²) in [5.41, 5.74) is 0.954. The first kappa shape index (κ1) is 16.2. The Hall–Kier alpha value is -1.16. The number of hydrogen-bond donors (Lipinski definition) is 1. The standard InChI is InChI=1S/C17H28FN3/c1-12-6-7-13(2)21(11-12)16-14(8-15(18)10-19-16)9-20-17(3,4)5/h8,10,12-13,20H,6-7,9,11H2,1-5H3. The Labute approximate surface area is 127 Å². The number of aromatic nitrogens is 1. The molecule has 21 heavy (non-hydrogen) atoms. The number of rotatable bonds is 3. The van der Waals surface area contributed by atoms with E-state index in [1.54, 1.807) is 6.07 Å². The Morgan fingerprint density at radius 1 is 1.33 bits per heavy atom. The van der Waals surface area contributed by atoms with Crippen molar-refractivity contribution in [3.8, 4) is 0 Å². The first-order valence-corrected chi connectivity index (χ1v) is 7.92. The molecule has 3 nitrogen and oxygen atoms in total. The molecule has 0 bridgehead atoms. The normalized spacial score (nSPS) is 23.4. The van der Waals surface area contributed by atoms with E-state index in [9.17, 15) is 4.39 Å². The van der Waals surface area contributed by atoms with Crippen molar-refractivity contribution in [3.05, 3.63) is 23.6 Å². The minimum atomic E-state index is -0.262. The molecule has 118 valence electrons. The molecular formula is C17H28FN3. The SMILES string of the molecule is CC1CCC(C)N(c2ncc(F)cc2CNC(C)(C)C)C1. The second-order valence-corrected chi connectivity index (χ2v) is 7.42. The molecule has 1 aromatic heterocycles. The van der Waals surface area contributed by atoms with Crippen LogP contribution in [0, 0.1) is 11.7 Å². The summed E-state index contributed by atoms with van der Waals surface area (Å²) >= 11 is 0. The molecule has 4 heteroatoms. The monoisotopic (exact) mass is 293 g/mol. The second-order valence-electron chi connectivity index (χ2n) is 7.42. The van der Waals surface area contributed by atoms with Crippen LogP contribution in [0.25, 0.3) is 0 Å². The lowest BCUT2D eigenvalue weighted by Crippen LogP contribution is -2.43. The van der Waals surface area contributed by atoms with Crippen molar-refractivity contribution in [3.63, 3.8) is 0 Å². The average Bonchev–Trinajstić information content (AvgIpc) is 2.39. The van der Waals surface area contributed by atoms with Crippen molar-refractivity contribution in [1.82, 2.24) is 10.3 Å². The molecule has 0 radical (unpaired) electrons. The van der Waals surface area contributed by atoms with Gasteiger partial charge in [-0.25, -0.2) is 9.37 Å². The number of pyridine rings is 1. The highest BCUT2D eigenvalue weighted by molar-refractivity contribution is 5.48. The molecule has 1 aliphatic heterocycles. The number of halogens is 1. The molecule has 0 saturated carbocycles. The Bertz CT molecular complexity index is 481. The van der Waals surface area contributed by atoms with E-state index < -0.39 is 0 Å². The highest BCUT2D eigenvalue weighted by Crippen LogP contribution is 2.29. The van der Waals surface area contributed by atoms with Gasteiger partial charge in [0.1, 0.15) is 11.6 Å². The molecule has 0 spiro atoms. The van der Waals surface area contributed by atoms with Crippen LogP contribution in [0.1, 0.15) is 53.0 Å². The number of piperidine rings is 1. The van der Waals surface area contributed by atoms with Crippen LogP contribution in [0.2, 0.25) is 0 Å². The number of nitrogens with one attached hydrogen (secondary N) is 1. The predicted octanol–water partition coefficient (Wildman–Crippen LogP) is 3.73. The molecule has 1 aliphatic rings. The summed E-state index contributed by atoms with van der Waals surface area (Å²) in [7, 11) is 0. The molecule has 2 unspecified atom stereocenters. The Kier molecular flexibility index (Phi) is 4.87. The first-order valence-electron chi connectivity index (χ1n) is 7.92. The summed E-state index contributed by atoms with van der Waals surface area (Å²) in [4.78, 5) is 6.74. The first-order chi connectivity index (χ1) is 9.76. The van der Waals surface area contributed by atoms with Gasteiger partial charge in [0.2, 0.25) is 0 Å². The summed E-state index contributed by atoms with van der Waals surface area (Å²) in [6.45, 7) is 12.5. The van der Waals surface area contributed by atoms with Crippen LogP contribution in [-0.2, 0) is 6.54 Å². The molecule has 1 fully saturated rings. The van der Waals surface area contributed by atoms with Gasteiger partial charge >= 0.3 is 0 Å². The average molecular weight is 293 g/mol. The fraction of sp³-hybridized carbons (Fsp3) is 0.706. The van der Waals surface area contributed by atoms with Crippen molar-refractivity contribution >= 4 is 5.82 Å². The van der Waals surface area contributed by atoms with E-state index in [0.717, 1.165) is 17.9 Å². The summed E-state index contributed by atoms with van der Waals surface area (Å²) in [6.07, 6.45) is 3.77. The number of nitrogens with zero attached hydrogens (tertiary/aromatic N) is 2. The van der Waals surface area contributed by atoms with Crippen LogP contribution in [0.15, 0.2) is 12.3 Å². The van der Waals surface area contributed by atoms with Crippen LogP contribution in [0.5, 0.6) is 0 Å². The van der Waals surface area contributed by atoms with Crippen molar-refractivity contribution in [2.45, 2.75) is 65.6 Å². The minimum absolute atomic E-state index is 0.00436. The van der Waals surface area contributed by atoms with E-state index in [1.807, 2.05) is 0 Å². The lowest BCUT2D eigenvalue weighted by molar-refractivity contribution is 0.384. The van der Waals surface area contributed by atoms with Gasteiger partial charge < -0.3 is 10.2 Å². The summed E-state index contributed by atoms with van der Waals surface area (Å²) in [5.74, 6) is 1.34. The molecular weight excluding hydrogens is 265 g/mol. The van der Waals surface area contributed by atoms with Gasteiger partial charge in [0.05, 0.1) is 6.20 Å². The van der Waals surface area contributed by atoms with Gasteiger partial charge in [0.25, 0.3) is 0 Å². The maximum absolute atomic E-state index is 13.6. The lowest BCUT2D eigenvalue weighted by Gasteiger charge is -2.39. The van der Waals surface area contributed by atoms with E-state index in [1.165, 1.54) is 19.0 Å². The molecule has 0 aliphatic carbocycles. The molecule has 0 aromatic carbocycles. The second kappa shape index (κ2) is 6.30. The van der Waals surface area contributed by atoms with Gasteiger partial charge in [0.15, 0.2) is 0 Å². The van der Waals surface area contributed by atoms with E-state index in [-0.39, 0.29) is 11.4 Å². The van der Waals surface area contributed by atoms with Gasteiger partial charge in [-0.15, -0.1) is 0 Å². The van der Waals surface area contributed by atoms with Gasteiger partial charge in [-0.2, -0.15) is 0 Å². The maximum atomic E-state index is 13.6. The van der Waals surface area contributed by atoms with Crippen LogP contribution in [0.4, 0.5) is 10.2 Å². The molecule has 2 heterocycles. The largest absolute Gasteiger partial charge is 0.353 e. The summed E-state index contributed by atoms with van der Waals surface area (Å²) in [5, 5.41) is 3.44. The van der Waals surface area contributed by atoms with Crippen molar-refractivity contribution in [1.29, 1.82) is 0 Å². The smallest absolute Gasteiger partial charge is 0.141 e. The fourth-order valence-electron chi connectivity index (χ4n) is 2.81. The number of hydrogen-bond acceptors (Lipinski definition) is 3. The molecule has 1 aromatic rings. The Morgan fingerprint density at radius 3 is 2.71 bits per heavy atom. The zero-order valence-electron chi connectivity index (χ0n) is 13.9. The van der Waals surface area contributed by atoms with Crippen LogP contribution >= 0.6 is 0 Å². The highest BCUT2D eigenvalue weighted by atomic mass is 19.1. The number of anilines is 1. The maximum Gasteiger partial charge on any atom is 0.141 e. The van der Waals surface area contributed by atoms with Crippen LogP contribution in [0.3, 0.4) is 0 Å². The third-order valence-corrected chi connectivity index (χ3v) is 4.11. The molecule has 0 amide bonds. The Balaban J connectivity index is 2.25. The van der Waals surface area contributed by atoms with E-state index in [0.29, 0.717) is 18.5 Å². The summed E-state index contributed by atoms with van der Waals surface area (Å²) in [6, 6.07) is 2.08. The molecule has 2 atom stereocenters. The zero-order chi connectivity index (χ0) is 15.6. The lowest BCUT2D eigenvalue weighted by atomic mass is 9.94. The van der Waals surface area contributed by atoms with E-state index >= 15 is 0 Å². The zero-order valence-corrected chi connectivity index (χ0v) is 13.9. The quantitative estimate of drug-likeness (QED) is 0.920. The fourth-order valence-corrected chi connectivity index (χ4v) is 2.81. The van der Waals surface area contributed by atoms with Gasteiger partial charge in [0, 0.05) is 30.2 Å². The minimum Gasteiger partial charge on any atom is -0.353 e. The van der Waals surface area contributed by atoms with Crippen molar-refractivity contribution < 1.29 is 4.39 Å². The topological polar surface area (TPSA) is 28.2 Å². The third-order valence-electron chi connectivity index (χ3n) is 4.11. The highest BCUT2D eigenvalue weighted by Gasteiger charge is 2.26.